The molecule has 3 nitrogen and oxygen atoms in total. The summed E-state index contributed by atoms with van der Waals surface area (Å²) in [5.74, 6) is -6.04. The van der Waals surface area contributed by atoms with Gasteiger partial charge in [0, 0.05) is 18.1 Å². The average Bonchev–Trinajstić information content (AvgIpc) is 3.04. The zero-order valence-corrected chi connectivity index (χ0v) is 25.6. The summed E-state index contributed by atoms with van der Waals surface area (Å²) < 4.78 is 144. The number of amides is 1. The number of carbonyl (C=O) groups excluding carboxylic acids is 1. The SMILES string of the molecule is O=C(N[C@@](Cc1ccccc1)(c1cc(F)cc(OC(F)(F)C(F)F)c1)c1ccc(F)c(C2CCCCC2)c1)c1ccc(F)c(C(F)(F)F)c1. The lowest BCUT2D eigenvalue weighted by Gasteiger charge is -2.38. The number of hydrogen-bond donors (Lipinski definition) is 1. The zero-order chi connectivity index (χ0) is 35.6. The van der Waals surface area contributed by atoms with E-state index in [0.717, 1.165) is 43.5 Å². The normalized spacial score (nSPS) is 15.6. The first-order chi connectivity index (χ1) is 23.1. The van der Waals surface area contributed by atoms with Crippen LogP contribution in [0, 0.1) is 17.5 Å². The fraction of sp³-hybridized carbons (Fsp3) is 0.306. The standard InChI is InChI=1S/C36H29F10NO2/c37-26-16-25(17-27(19-26)49-36(45,46)33(40)41)34(20-21-7-3-1-4-8-21,24-12-14-30(38)28(18-24)22-9-5-2-6-10-22)47-32(48)23-11-13-31(39)29(15-23)35(42,43)44/h1,3-4,7-8,11-19,22,33H,2,5-6,9-10,20H2,(H,47,48)/t34-/m1/s1. The maximum atomic E-state index is 15.4. The third kappa shape index (κ3) is 8.02. The summed E-state index contributed by atoms with van der Waals surface area (Å²) in [5.41, 5.74) is -4.09. The largest absolute Gasteiger partial charge is 0.461 e. The van der Waals surface area contributed by atoms with Gasteiger partial charge in [-0.3, -0.25) is 4.79 Å². The van der Waals surface area contributed by atoms with Crippen molar-refractivity contribution in [1.82, 2.24) is 5.32 Å². The second-order valence-electron chi connectivity index (χ2n) is 11.9. The molecule has 1 fully saturated rings. The van der Waals surface area contributed by atoms with E-state index < -0.39 is 64.5 Å². The van der Waals surface area contributed by atoms with Crippen molar-refractivity contribution in [2.45, 2.75) is 68.7 Å². The van der Waals surface area contributed by atoms with E-state index in [1.165, 1.54) is 12.1 Å². The third-order valence-corrected chi connectivity index (χ3v) is 8.58. The molecule has 1 N–H and O–H groups in total. The molecule has 13 heteroatoms. The van der Waals surface area contributed by atoms with Crippen molar-refractivity contribution in [2.75, 3.05) is 0 Å². The molecule has 4 aromatic carbocycles. The molecule has 1 aliphatic rings. The van der Waals surface area contributed by atoms with Crippen LogP contribution in [0.4, 0.5) is 43.9 Å². The monoisotopic (exact) mass is 697 g/mol. The average molecular weight is 698 g/mol. The molecule has 0 bridgehead atoms. The highest BCUT2D eigenvalue weighted by atomic mass is 19.4. The molecule has 5 rings (SSSR count). The molecule has 1 saturated carbocycles. The van der Waals surface area contributed by atoms with Crippen LogP contribution in [0.5, 0.6) is 5.75 Å². The van der Waals surface area contributed by atoms with E-state index in [4.69, 9.17) is 0 Å². The highest BCUT2D eigenvalue weighted by Gasteiger charge is 2.45. The number of halogens is 10. The Labute approximate surface area is 274 Å². The molecule has 0 radical (unpaired) electrons. The van der Waals surface area contributed by atoms with E-state index in [9.17, 15) is 39.9 Å². The van der Waals surface area contributed by atoms with Crippen LogP contribution in [0.3, 0.4) is 0 Å². The highest BCUT2D eigenvalue weighted by Crippen LogP contribution is 2.41. The van der Waals surface area contributed by atoms with Gasteiger partial charge in [-0.15, -0.1) is 0 Å². The van der Waals surface area contributed by atoms with Gasteiger partial charge in [0.15, 0.2) is 0 Å². The molecule has 260 valence electrons. The number of nitrogens with one attached hydrogen (secondary N) is 1. The molecule has 0 aliphatic heterocycles. The Bertz CT molecular complexity index is 1790. The first-order valence-corrected chi connectivity index (χ1v) is 15.3. The van der Waals surface area contributed by atoms with E-state index in [-0.39, 0.29) is 35.1 Å². The number of ether oxygens (including phenoxy) is 1. The first kappa shape index (κ1) is 35.7. The predicted molar refractivity (Wildman–Crippen MR) is 160 cm³/mol. The van der Waals surface area contributed by atoms with Crippen molar-refractivity contribution in [2.24, 2.45) is 0 Å². The molecule has 1 atom stereocenters. The van der Waals surface area contributed by atoms with Gasteiger partial charge >= 0.3 is 18.7 Å². The number of rotatable bonds is 10. The van der Waals surface area contributed by atoms with Crippen LogP contribution in [-0.4, -0.2) is 18.4 Å². The lowest BCUT2D eigenvalue weighted by atomic mass is 9.75. The third-order valence-electron chi connectivity index (χ3n) is 8.58. The lowest BCUT2D eigenvalue weighted by molar-refractivity contribution is -0.253. The van der Waals surface area contributed by atoms with Gasteiger partial charge in [-0.25, -0.2) is 13.2 Å². The molecule has 4 aromatic rings. The minimum absolute atomic E-state index is 0.0713. The topological polar surface area (TPSA) is 38.3 Å². The fourth-order valence-electron chi connectivity index (χ4n) is 6.22. The lowest BCUT2D eigenvalue weighted by Crippen LogP contribution is -2.49. The van der Waals surface area contributed by atoms with Crippen LogP contribution in [0.25, 0.3) is 0 Å². The minimum atomic E-state index is -5.18. The van der Waals surface area contributed by atoms with Crippen LogP contribution < -0.4 is 10.1 Å². The van der Waals surface area contributed by atoms with Gasteiger partial charge in [0.1, 0.15) is 23.2 Å². The van der Waals surface area contributed by atoms with E-state index in [2.05, 4.69) is 10.1 Å². The summed E-state index contributed by atoms with van der Waals surface area (Å²) in [7, 11) is 0. The van der Waals surface area contributed by atoms with Gasteiger partial charge in [0.05, 0.1) is 11.1 Å². The van der Waals surface area contributed by atoms with Gasteiger partial charge in [-0.05, 0) is 83.5 Å². The predicted octanol–water partition coefficient (Wildman–Crippen LogP) is 10.3. The van der Waals surface area contributed by atoms with E-state index in [0.29, 0.717) is 30.5 Å². The Hall–Kier alpha value is -4.55. The van der Waals surface area contributed by atoms with Gasteiger partial charge in [0.25, 0.3) is 5.91 Å². The van der Waals surface area contributed by atoms with Crippen LogP contribution in [-0.2, 0) is 18.1 Å². The van der Waals surface area contributed by atoms with Crippen molar-refractivity contribution in [3.8, 4) is 5.75 Å². The molecule has 1 aliphatic carbocycles. The van der Waals surface area contributed by atoms with Crippen LogP contribution in [0.15, 0.2) is 84.9 Å². The van der Waals surface area contributed by atoms with Crippen LogP contribution in [0.1, 0.15) is 76.2 Å². The highest BCUT2D eigenvalue weighted by molar-refractivity contribution is 5.95. The minimum Gasteiger partial charge on any atom is -0.428 e. The van der Waals surface area contributed by atoms with E-state index >= 15 is 8.78 Å². The summed E-state index contributed by atoms with van der Waals surface area (Å²) in [6, 6.07) is 15.3. The van der Waals surface area contributed by atoms with E-state index in [1.807, 2.05) is 0 Å². The molecular formula is C36H29F10NO2. The molecule has 0 saturated heterocycles. The molecular weight excluding hydrogens is 668 g/mol. The Morgan fingerprint density at radius 3 is 2.10 bits per heavy atom. The van der Waals surface area contributed by atoms with Crippen molar-refractivity contribution < 1.29 is 53.4 Å². The molecule has 0 spiro atoms. The zero-order valence-electron chi connectivity index (χ0n) is 25.6. The summed E-state index contributed by atoms with van der Waals surface area (Å²) in [6.45, 7) is 0. The maximum absolute atomic E-state index is 15.4. The summed E-state index contributed by atoms with van der Waals surface area (Å²) >= 11 is 0. The quantitative estimate of drug-likeness (QED) is 0.168. The number of alkyl halides is 7. The Kier molecular flexibility index (Phi) is 10.3. The Morgan fingerprint density at radius 2 is 1.45 bits per heavy atom. The molecule has 1 amide bonds. The first-order valence-electron chi connectivity index (χ1n) is 15.3. The summed E-state index contributed by atoms with van der Waals surface area (Å²) in [5, 5.41) is 2.61. The Balaban J connectivity index is 1.76. The maximum Gasteiger partial charge on any atom is 0.461 e. The number of carbonyl (C=O) groups is 1. The second-order valence-corrected chi connectivity index (χ2v) is 11.9. The summed E-state index contributed by atoms with van der Waals surface area (Å²) in [6.07, 6.45) is -11.1. The smallest absolute Gasteiger partial charge is 0.428 e. The fourth-order valence-corrected chi connectivity index (χ4v) is 6.22. The molecule has 0 heterocycles. The van der Waals surface area contributed by atoms with Crippen molar-refractivity contribution >= 4 is 5.91 Å². The van der Waals surface area contributed by atoms with Gasteiger partial charge < -0.3 is 10.1 Å². The van der Waals surface area contributed by atoms with Gasteiger partial charge in [-0.2, -0.15) is 30.7 Å². The molecule has 0 unspecified atom stereocenters. The Morgan fingerprint density at radius 1 is 0.776 bits per heavy atom. The van der Waals surface area contributed by atoms with Gasteiger partial charge in [0.2, 0.25) is 0 Å². The van der Waals surface area contributed by atoms with Gasteiger partial charge in [-0.1, -0.05) is 55.7 Å². The van der Waals surface area contributed by atoms with Crippen LogP contribution >= 0.6 is 0 Å². The van der Waals surface area contributed by atoms with Crippen LogP contribution in [0.2, 0.25) is 0 Å². The summed E-state index contributed by atoms with van der Waals surface area (Å²) in [4.78, 5) is 13.9. The van der Waals surface area contributed by atoms with Crippen molar-refractivity contribution in [3.63, 3.8) is 0 Å². The van der Waals surface area contributed by atoms with Crippen molar-refractivity contribution in [1.29, 1.82) is 0 Å². The number of benzene rings is 4. The molecule has 0 aromatic heterocycles. The second kappa shape index (κ2) is 14.1. The number of hydrogen-bond acceptors (Lipinski definition) is 2. The van der Waals surface area contributed by atoms with E-state index in [1.54, 1.807) is 30.3 Å². The van der Waals surface area contributed by atoms with Crippen molar-refractivity contribution in [3.05, 3.63) is 136 Å². The molecule has 49 heavy (non-hydrogen) atoms.